The van der Waals surface area contributed by atoms with Crippen molar-refractivity contribution in [1.82, 2.24) is 0 Å². The van der Waals surface area contributed by atoms with Gasteiger partial charge < -0.3 is 0 Å². The summed E-state index contributed by atoms with van der Waals surface area (Å²) in [6.45, 7) is 0. The Balaban J connectivity index is -0.0000000800. The van der Waals surface area contributed by atoms with Crippen LogP contribution in [0.4, 0.5) is 0 Å². The summed E-state index contributed by atoms with van der Waals surface area (Å²) in [5, 5.41) is 0. The van der Waals surface area contributed by atoms with Gasteiger partial charge in [0.1, 0.15) is 0 Å². The molecule has 2 N–H and O–H groups in total. The molecular weight excluding hydrogens is 297 g/mol. The first-order valence-corrected chi connectivity index (χ1v) is 2.10. The fourth-order valence-corrected chi connectivity index (χ4v) is 0. The Morgan fingerprint density at radius 3 is 1.14 bits per heavy atom. The van der Waals surface area contributed by atoms with E-state index in [0.717, 1.165) is 0 Å². The van der Waals surface area contributed by atoms with Crippen LogP contribution in [0.15, 0.2) is 0 Å². The predicted octanol–water partition coefficient (Wildman–Crippen LogP) is -1.57. The van der Waals surface area contributed by atoms with Crippen molar-refractivity contribution in [2.45, 2.75) is 0 Å². The van der Waals surface area contributed by atoms with Crippen molar-refractivity contribution >= 4 is 59.3 Å². The maximum absolute atomic E-state index is 8.74. The minimum Gasteiger partial charge on any atom is 0 e. The molecule has 0 unspecified atom stereocenters. The van der Waals surface area contributed by atoms with Crippen molar-refractivity contribution in [2.24, 2.45) is 0 Å². The first-order chi connectivity index (χ1) is 2.00. The van der Waals surface area contributed by atoms with Crippen LogP contribution in [0.2, 0.25) is 0 Å². The summed E-state index contributed by atoms with van der Waals surface area (Å²) >= 11 is 0. The molecule has 0 bridgehead atoms. The molecule has 0 saturated carbocycles. The molecule has 0 atom stereocenters. The van der Waals surface area contributed by atoms with Gasteiger partial charge in [-0.1, -0.05) is 0 Å². The maximum Gasteiger partial charge on any atom is 0 e. The molecule has 1 radical (unpaired) electrons. The quantitative estimate of drug-likeness (QED) is 0.419. The molecule has 0 aromatic carbocycles. The third-order valence-corrected chi connectivity index (χ3v) is 0. The number of hydrogen-bond acceptors (Lipinski definition) is 2. The molecule has 0 saturated heterocycles. The van der Waals surface area contributed by atoms with Gasteiger partial charge in [-0.05, 0) is 0 Å². The maximum atomic E-state index is 8.74. The SMILES string of the molecule is O=S(=O)(O)O.[BaH2].[Cu]. The number of hydrogen-bond donors (Lipinski definition) is 2. The Kier molecular flexibility index (Phi) is 13.9. The normalized spacial score (nSPS) is 8.29. The standard InChI is InChI=1S/Ba.Cu.H2O4S.2H/c;;1-5(2,3)4;;/h;;(H2,1,2,3,4);;. The van der Waals surface area contributed by atoms with Crippen molar-refractivity contribution < 1.29 is 34.6 Å². The molecule has 0 spiro atoms. The van der Waals surface area contributed by atoms with Crippen molar-refractivity contribution in [3.05, 3.63) is 0 Å². The Labute approximate surface area is 92.2 Å². The van der Waals surface area contributed by atoms with E-state index in [0.29, 0.717) is 0 Å². The van der Waals surface area contributed by atoms with E-state index in [1.807, 2.05) is 0 Å². The van der Waals surface area contributed by atoms with Gasteiger partial charge in [0, 0.05) is 17.1 Å². The van der Waals surface area contributed by atoms with Crippen LogP contribution in [0, 0.1) is 0 Å². The van der Waals surface area contributed by atoms with Crippen molar-refractivity contribution in [2.75, 3.05) is 0 Å². The van der Waals surface area contributed by atoms with Gasteiger partial charge in [0.15, 0.2) is 0 Å². The molecule has 0 aliphatic carbocycles. The summed E-state index contributed by atoms with van der Waals surface area (Å²) in [5.41, 5.74) is 0. The first kappa shape index (κ1) is 16.0. The second kappa shape index (κ2) is 6.09. The van der Waals surface area contributed by atoms with Crippen LogP contribution in [0.25, 0.3) is 0 Å². The monoisotopic (exact) mass is 301 g/mol. The molecule has 4 nitrogen and oxygen atoms in total. The second-order valence-electron chi connectivity index (χ2n) is 0.448. The zero-order valence-electron chi connectivity index (χ0n) is 2.42. The Morgan fingerprint density at radius 1 is 1.14 bits per heavy atom. The Hall–Kier alpha value is 1.96. The number of rotatable bonds is 0. The van der Waals surface area contributed by atoms with Gasteiger partial charge in [-0.25, -0.2) is 0 Å². The van der Waals surface area contributed by atoms with Crippen LogP contribution in [0.5, 0.6) is 0 Å². The molecule has 0 aliphatic rings. The molecular formula is H4BaCuO4S. The molecule has 7 heavy (non-hydrogen) atoms. The van der Waals surface area contributed by atoms with E-state index in [9.17, 15) is 0 Å². The van der Waals surface area contributed by atoms with Gasteiger partial charge in [-0.2, -0.15) is 8.42 Å². The fourth-order valence-electron chi connectivity index (χ4n) is 0. The summed E-state index contributed by atoms with van der Waals surface area (Å²) in [7, 11) is -4.67. The molecule has 0 aromatic rings. The first-order valence-electron chi connectivity index (χ1n) is 0.698. The summed E-state index contributed by atoms with van der Waals surface area (Å²) in [6, 6.07) is 0. The third kappa shape index (κ3) is 73.6. The molecule has 0 heterocycles. The zero-order chi connectivity index (χ0) is 4.50. The summed E-state index contributed by atoms with van der Waals surface area (Å²) < 4.78 is 31.6. The minimum absolute atomic E-state index is 0. The van der Waals surface area contributed by atoms with Crippen molar-refractivity contribution in [3.63, 3.8) is 0 Å². The molecule has 0 rings (SSSR count). The van der Waals surface area contributed by atoms with Gasteiger partial charge in [-0.15, -0.1) is 0 Å². The Bertz CT molecular complexity index is 94.9. The van der Waals surface area contributed by atoms with Crippen molar-refractivity contribution in [3.8, 4) is 0 Å². The average molecular weight is 301 g/mol. The van der Waals surface area contributed by atoms with Crippen LogP contribution in [-0.4, -0.2) is 66.4 Å². The van der Waals surface area contributed by atoms with Gasteiger partial charge in [-0.3, -0.25) is 9.11 Å². The zero-order valence-corrected chi connectivity index (χ0v) is 4.18. The van der Waals surface area contributed by atoms with Crippen LogP contribution >= 0.6 is 0 Å². The summed E-state index contributed by atoms with van der Waals surface area (Å²) in [6.07, 6.45) is 0. The van der Waals surface area contributed by atoms with Crippen LogP contribution < -0.4 is 0 Å². The third-order valence-electron chi connectivity index (χ3n) is 0. The van der Waals surface area contributed by atoms with Gasteiger partial charge in [0.05, 0.1) is 0 Å². The van der Waals surface area contributed by atoms with Gasteiger partial charge in [0.25, 0.3) is 0 Å². The van der Waals surface area contributed by atoms with E-state index in [2.05, 4.69) is 0 Å². The molecule has 0 fully saturated rings. The average Bonchev–Trinajstić information content (AvgIpc) is 0.722. The van der Waals surface area contributed by atoms with E-state index in [1.165, 1.54) is 0 Å². The smallest absolute Gasteiger partial charge is 0 e. The van der Waals surface area contributed by atoms with Gasteiger partial charge in [0.2, 0.25) is 0 Å². The molecule has 47 valence electrons. The van der Waals surface area contributed by atoms with E-state index in [1.54, 1.807) is 0 Å². The van der Waals surface area contributed by atoms with E-state index in [-0.39, 0.29) is 65.9 Å². The minimum atomic E-state index is -4.67. The van der Waals surface area contributed by atoms with E-state index < -0.39 is 10.4 Å². The Morgan fingerprint density at radius 2 is 1.14 bits per heavy atom. The summed E-state index contributed by atoms with van der Waals surface area (Å²) in [5.74, 6) is 0. The predicted molar refractivity (Wildman–Crippen MR) is 22.7 cm³/mol. The largest absolute Gasteiger partial charge is 0 e. The van der Waals surface area contributed by atoms with Crippen molar-refractivity contribution in [1.29, 1.82) is 0 Å². The van der Waals surface area contributed by atoms with Gasteiger partial charge >= 0.3 is 59.3 Å². The molecule has 0 aliphatic heterocycles. The van der Waals surface area contributed by atoms with Crippen LogP contribution in [-0.2, 0) is 27.5 Å². The molecule has 7 heteroatoms. The molecule has 0 amide bonds. The van der Waals surface area contributed by atoms with E-state index >= 15 is 0 Å². The summed E-state index contributed by atoms with van der Waals surface area (Å²) in [4.78, 5) is 0. The van der Waals surface area contributed by atoms with E-state index in [4.69, 9.17) is 17.5 Å². The molecule has 0 aromatic heterocycles. The fraction of sp³-hybridized carbons (Fsp3) is 0. The van der Waals surface area contributed by atoms with Crippen LogP contribution in [0.1, 0.15) is 0 Å². The topological polar surface area (TPSA) is 74.6 Å². The van der Waals surface area contributed by atoms with Crippen LogP contribution in [0.3, 0.4) is 0 Å². The second-order valence-corrected chi connectivity index (χ2v) is 1.34.